The van der Waals surface area contributed by atoms with Crippen LogP contribution in [0.15, 0.2) is 48.1 Å². The molecule has 0 aliphatic carbocycles. The number of hydrogen-bond acceptors (Lipinski definition) is 4. The minimum absolute atomic E-state index is 0.0208. The summed E-state index contributed by atoms with van der Waals surface area (Å²) in [6.45, 7) is 0. The number of carbonyl (C=O) groups is 1. The molecular weight excluding hydrogens is 284 g/mol. The van der Waals surface area contributed by atoms with Gasteiger partial charge in [0.05, 0.1) is 6.42 Å². The normalized spacial score (nSPS) is 10.5. The Hall–Kier alpha value is -2.47. The number of amides is 1. The van der Waals surface area contributed by atoms with Crippen molar-refractivity contribution in [3.05, 3.63) is 53.0 Å². The highest BCUT2D eigenvalue weighted by Crippen LogP contribution is 2.20. The van der Waals surface area contributed by atoms with E-state index < -0.39 is 0 Å². The molecule has 21 heavy (non-hydrogen) atoms. The van der Waals surface area contributed by atoms with Crippen molar-refractivity contribution in [1.29, 1.82) is 0 Å². The summed E-state index contributed by atoms with van der Waals surface area (Å²) in [6, 6.07) is 11.5. The summed E-state index contributed by atoms with van der Waals surface area (Å²) in [4.78, 5) is 13.1. The molecule has 1 amide bonds. The zero-order chi connectivity index (χ0) is 14.7. The molecule has 3 rings (SSSR count). The lowest BCUT2D eigenvalue weighted by Crippen LogP contribution is -2.13. The Morgan fingerprint density at radius 3 is 2.95 bits per heavy atom. The maximum absolute atomic E-state index is 12.0. The second-order valence-corrected chi connectivity index (χ2v) is 5.68. The summed E-state index contributed by atoms with van der Waals surface area (Å²) >= 11 is 1.58. The monoisotopic (exact) mass is 298 g/mol. The highest BCUT2D eigenvalue weighted by molar-refractivity contribution is 7.10. The molecule has 2 aromatic heterocycles. The third-order valence-corrected chi connectivity index (χ3v) is 3.91. The first-order chi connectivity index (χ1) is 10.2. The zero-order valence-electron chi connectivity index (χ0n) is 11.5. The number of carbonyl (C=O) groups excluding carboxylic acids is 1. The molecule has 0 fully saturated rings. The van der Waals surface area contributed by atoms with E-state index in [2.05, 4.69) is 15.5 Å². The fourth-order valence-corrected chi connectivity index (χ4v) is 2.76. The largest absolute Gasteiger partial charge is 0.326 e. The quantitative estimate of drug-likeness (QED) is 0.805. The van der Waals surface area contributed by atoms with Gasteiger partial charge in [-0.3, -0.25) is 4.79 Å². The SMILES string of the molecule is Cn1cnnc1-c1cccc(NC(=O)Cc2cccs2)c1. The van der Waals surface area contributed by atoms with Gasteiger partial charge in [0.25, 0.3) is 0 Å². The number of anilines is 1. The van der Waals surface area contributed by atoms with Crippen LogP contribution in [0, 0.1) is 0 Å². The Kier molecular flexibility index (Phi) is 3.79. The van der Waals surface area contributed by atoms with Crippen LogP contribution in [-0.2, 0) is 18.3 Å². The van der Waals surface area contributed by atoms with Crippen molar-refractivity contribution in [3.63, 3.8) is 0 Å². The number of hydrogen-bond donors (Lipinski definition) is 1. The topological polar surface area (TPSA) is 59.8 Å². The van der Waals surface area contributed by atoms with Gasteiger partial charge in [0.2, 0.25) is 5.91 Å². The molecule has 2 heterocycles. The molecule has 0 saturated carbocycles. The van der Waals surface area contributed by atoms with Gasteiger partial charge in [-0.25, -0.2) is 0 Å². The predicted octanol–water partition coefficient (Wildman–Crippen LogP) is 2.72. The molecule has 3 aromatic rings. The van der Waals surface area contributed by atoms with Crippen molar-refractivity contribution in [2.45, 2.75) is 6.42 Å². The lowest BCUT2D eigenvalue weighted by Gasteiger charge is -2.06. The first-order valence-corrected chi connectivity index (χ1v) is 7.37. The molecular formula is C15H14N4OS. The highest BCUT2D eigenvalue weighted by atomic mass is 32.1. The van der Waals surface area contributed by atoms with Gasteiger partial charge in [-0.15, -0.1) is 21.5 Å². The number of nitrogens with one attached hydrogen (secondary N) is 1. The summed E-state index contributed by atoms with van der Waals surface area (Å²) < 4.78 is 1.84. The van der Waals surface area contributed by atoms with Crippen LogP contribution < -0.4 is 5.32 Å². The van der Waals surface area contributed by atoms with E-state index in [-0.39, 0.29) is 5.91 Å². The Labute approximate surface area is 126 Å². The first kappa shape index (κ1) is 13.5. The van der Waals surface area contributed by atoms with Crippen LogP contribution in [0.2, 0.25) is 0 Å². The Morgan fingerprint density at radius 2 is 2.24 bits per heavy atom. The molecule has 0 aliphatic rings. The van der Waals surface area contributed by atoms with Crippen LogP contribution in [0.5, 0.6) is 0 Å². The molecule has 0 bridgehead atoms. The summed E-state index contributed by atoms with van der Waals surface area (Å²) in [5.41, 5.74) is 1.68. The number of thiophene rings is 1. The molecule has 0 saturated heterocycles. The van der Waals surface area contributed by atoms with E-state index in [1.54, 1.807) is 17.7 Å². The molecule has 106 valence electrons. The van der Waals surface area contributed by atoms with Crippen molar-refractivity contribution < 1.29 is 4.79 Å². The number of benzene rings is 1. The fourth-order valence-electron chi connectivity index (χ4n) is 2.06. The third kappa shape index (κ3) is 3.17. The van der Waals surface area contributed by atoms with Crippen LogP contribution in [0.3, 0.4) is 0 Å². The van der Waals surface area contributed by atoms with E-state index in [4.69, 9.17) is 0 Å². The van der Waals surface area contributed by atoms with Crippen LogP contribution >= 0.6 is 11.3 Å². The average Bonchev–Trinajstić information content (AvgIpc) is 3.10. The molecule has 0 aliphatic heterocycles. The van der Waals surface area contributed by atoms with Crippen molar-refractivity contribution >= 4 is 22.9 Å². The number of rotatable bonds is 4. The smallest absolute Gasteiger partial charge is 0.229 e. The molecule has 0 atom stereocenters. The fraction of sp³-hybridized carbons (Fsp3) is 0.133. The Balaban J connectivity index is 1.74. The average molecular weight is 298 g/mol. The maximum atomic E-state index is 12.0. The number of aromatic nitrogens is 3. The van der Waals surface area contributed by atoms with Crippen LogP contribution in [0.1, 0.15) is 4.88 Å². The standard InChI is InChI=1S/C15H14N4OS/c1-19-10-16-18-15(19)11-4-2-5-12(8-11)17-14(20)9-13-6-3-7-21-13/h2-8,10H,9H2,1H3,(H,17,20). The van der Waals surface area contributed by atoms with Gasteiger partial charge < -0.3 is 9.88 Å². The molecule has 1 aromatic carbocycles. The van der Waals surface area contributed by atoms with Gasteiger partial charge in [0.15, 0.2) is 5.82 Å². The van der Waals surface area contributed by atoms with E-state index in [9.17, 15) is 4.79 Å². The van der Waals surface area contributed by atoms with E-state index in [0.29, 0.717) is 6.42 Å². The highest BCUT2D eigenvalue weighted by Gasteiger charge is 2.08. The molecule has 0 radical (unpaired) electrons. The van der Waals surface area contributed by atoms with Crippen molar-refractivity contribution in [1.82, 2.24) is 14.8 Å². The van der Waals surface area contributed by atoms with Gasteiger partial charge in [-0.2, -0.15) is 0 Å². The third-order valence-electron chi connectivity index (χ3n) is 3.03. The first-order valence-electron chi connectivity index (χ1n) is 6.49. The van der Waals surface area contributed by atoms with E-state index in [1.807, 2.05) is 53.4 Å². The predicted molar refractivity (Wildman–Crippen MR) is 83.1 cm³/mol. The lowest BCUT2D eigenvalue weighted by atomic mass is 10.2. The molecule has 0 spiro atoms. The molecule has 6 heteroatoms. The number of nitrogens with zero attached hydrogens (tertiary/aromatic N) is 3. The Morgan fingerprint density at radius 1 is 1.33 bits per heavy atom. The minimum atomic E-state index is -0.0208. The molecule has 0 unspecified atom stereocenters. The van der Waals surface area contributed by atoms with Gasteiger partial charge in [-0.05, 0) is 23.6 Å². The van der Waals surface area contributed by atoms with Crippen LogP contribution in [-0.4, -0.2) is 20.7 Å². The van der Waals surface area contributed by atoms with Gasteiger partial charge >= 0.3 is 0 Å². The molecule has 5 nitrogen and oxygen atoms in total. The van der Waals surface area contributed by atoms with Crippen molar-refractivity contribution in [2.75, 3.05) is 5.32 Å². The van der Waals surface area contributed by atoms with E-state index in [1.165, 1.54) is 0 Å². The van der Waals surface area contributed by atoms with Gasteiger partial charge in [0.1, 0.15) is 6.33 Å². The summed E-state index contributed by atoms with van der Waals surface area (Å²) in [5, 5.41) is 12.8. The van der Waals surface area contributed by atoms with E-state index in [0.717, 1.165) is 22.0 Å². The second-order valence-electron chi connectivity index (χ2n) is 4.65. The van der Waals surface area contributed by atoms with Gasteiger partial charge in [-0.1, -0.05) is 18.2 Å². The number of aryl methyl sites for hydroxylation is 1. The van der Waals surface area contributed by atoms with Crippen molar-refractivity contribution in [3.8, 4) is 11.4 Å². The maximum Gasteiger partial charge on any atom is 0.229 e. The zero-order valence-corrected chi connectivity index (χ0v) is 12.3. The van der Waals surface area contributed by atoms with Crippen molar-refractivity contribution in [2.24, 2.45) is 7.05 Å². The molecule has 1 N–H and O–H groups in total. The summed E-state index contributed by atoms with van der Waals surface area (Å²) in [7, 11) is 1.89. The van der Waals surface area contributed by atoms with Gasteiger partial charge in [0, 0.05) is 23.2 Å². The van der Waals surface area contributed by atoms with Crippen LogP contribution in [0.25, 0.3) is 11.4 Å². The lowest BCUT2D eigenvalue weighted by molar-refractivity contribution is -0.115. The van der Waals surface area contributed by atoms with Crippen LogP contribution in [0.4, 0.5) is 5.69 Å². The Bertz CT molecular complexity index is 749. The summed E-state index contributed by atoms with van der Waals surface area (Å²) in [6.07, 6.45) is 2.04. The van der Waals surface area contributed by atoms with E-state index >= 15 is 0 Å². The second kappa shape index (κ2) is 5.88. The minimum Gasteiger partial charge on any atom is -0.326 e. The summed E-state index contributed by atoms with van der Waals surface area (Å²) in [5.74, 6) is 0.747.